The Morgan fingerprint density at radius 1 is 1.09 bits per heavy atom. The monoisotopic (exact) mass is 491 g/mol. The summed E-state index contributed by atoms with van der Waals surface area (Å²) in [6, 6.07) is 20.8. The lowest BCUT2D eigenvalue weighted by atomic mass is 10.1. The first-order valence-electron chi connectivity index (χ1n) is 10.9. The highest BCUT2D eigenvalue weighted by Crippen LogP contribution is 2.29. The van der Waals surface area contributed by atoms with Crippen molar-refractivity contribution < 1.29 is 13.3 Å². The second kappa shape index (κ2) is 10.5. The molecular formula is C26H26FN5O2S. The quantitative estimate of drug-likeness (QED) is 0.285. The third-order valence-corrected chi connectivity index (χ3v) is 6.16. The van der Waals surface area contributed by atoms with Crippen LogP contribution < -0.4 is 20.5 Å². The van der Waals surface area contributed by atoms with Crippen LogP contribution in [0.3, 0.4) is 0 Å². The summed E-state index contributed by atoms with van der Waals surface area (Å²) in [6.45, 7) is 2.88. The fourth-order valence-electron chi connectivity index (χ4n) is 3.44. The van der Waals surface area contributed by atoms with Gasteiger partial charge in [0.2, 0.25) is 5.95 Å². The number of nitrogens with zero attached hydrogens (tertiary/aromatic N) is 2. The van der Waals surface area contributed by atoms with E-state index in [9.17, 15) is 8.60 Å². The molecule has 1 heterocycles. The van der Waals surface area contributed by atoms with Crippen LogP contribution in [-0.2, 0) is 16.3 Å². The van der Waals surface area contributed by atoms with E-state index < -0.39 is 9.71 Å². The van der Waals surface area contributed by atoms with Crippen molar-refractivity contribution in [3.63, 3.8) is 0 Å². The second-order valence-electron chi connectivity index (χ2n) is 7.78. The van der Waals surface area contributed by atoms with Gasteiger partial charge in [-0.15, -0.1) is 0 Å². The smallest absolute Gasteiger partial charge is 0.229 e. The van der Waals surface area contributed by atoms with Crippen LogP contribution in [0, 0.1) is 5.82 Å². The van der Waals surface area contributed by atoms with E-state index in [-0.39, 0.29) is 5.82 Å². The molecule has 0 aliphatic rings. The van der Waals surface area contributed by atoms with Crippen molar-refractivity contribution in [1.29, 1.82) is 0 Å². The first-order chi connectivity index (χ1) is 16.8. The van der Waals surface area contributed by atoms with Gasteiger partial charge in [-0.05, 0) is 66.4 Å². The molecule has 1 unspecified atom stereocenters. The Kier molecular flexibility index (Phi) is 7.28. The van der Waals surface area contributed by atoms with Gasteiger partial charge in [-0.25, -0.2) is 13.6 Å². The molecule has 35 heavy (non-hydrogen) atoms. The molecule has 0 fully saturated rings. The van der Waals surface area contributed by atoms with Crippen LogP contribution in [0.4, 0.5) is 21.8 Å². The summed E-state index contributed by atoms with van der Waals surface area (Å²) in [5.41, 5.74) is 3.06. The molecule has 7 nitrogen and oxygen atoms in total. The van der Waals surface area contributed by atoms with E-state index in [1.165, 1.54) is 12.1 Å². The van der Waals surface area contributed by atoms with Crippen molar-refractivity contribution in [2.75, 3.05) is 17.2 Å². The first-order valence-corrected chi connectivity index (χ1v) is 12.7. The largest absolute Gasteiger partial charge is 0.494 e. The minimum absolute atomic E-state index is 0.303. The van der Waals surface area contributed by atoms with Gasteiger partial charge in [-0.3, -0.25) is 5.14 Å². The van der Waals surface area contributed by atoms with Gasteiger partial charge in [0, 0.05) is 28.9 Å². The van der Waals surface area contributed by atoms with Crippen LogP contribution in [0.2, 0.25) is 0 Å². The van der Waals surface area contributed by atoms with Crippen LogP contribution in [0.1, 0.15) is 12.5 Å². The summed E-state index contributed by atoms with van der Waals surface area (Å²) in [5, 5.41) is 12.1. The fraction of sp³-hybridized carbons (Fsp3) is 0.115. The van der Waals surface area contributed by atoms with Crippen molar-refractivity contribution >= 4 is 33.0 Å². The van der Waals surface area contributed by atoms with E-state index >= 15 is 0 Å². The van der Waals surface area contributed by atoms with E-state index in [1.807, 2.05) is 37.3 Å². The number of rotatable bonds is 9. The van der Waals surface area contributed by atoms with Crippen molar-refractivity contribution in [3.8, 4) is 16.9 Å². The van der Waals surface area contributed by atoms with Crippen molar-refractivity contribution in [1.82, 2.24) is 9.97 Å². The van der Waals surface area contributed by atoms with Crippen LogP contribution >= 0.6 is 0 Å². The average Bonchev–Trinajstić information content (AvgIpc) is 2.83. The Balaban J connectivity index is 1.66. The number of anilines is 3. The van der Waals surface area contributed by atoms with Crippen LogP contribution in [-0.4, -0.2) is 26.7 Å². The average molecular weight is 492 g/mol. The summed E-state index contributed by atoms with van der Waals surface area (Å²) < 4.78 is 31.3. The van der Waals surface area contributed by atoms with E-state index in [2.05, 4.69) is 26.5 Å². The van der Waals surface area contributed by atoms with Gasteiger partial charge in [0.25, 0.3) is 0 Å². The van der Waals surface area contributed by atoms with Gasteiger partial charge in [0.05, 0.1) is 16.3 Å². The highest BCUT2D eigenvalue weighted by Gasteiger charge is 2.12. The molecular weight excluding hydrogens is 465 g/mol. The summed E-state index contributed by atoms with van der Waals surface area (Å²) in [6.07, 6.45) is 1.70. The van der Waals surface area contributed by atoms with Crippen molar-refractivity contribution in [2.24, 2.45) is 5.14 Å². The maximum absolute atomic E-state index is 13.7. The molecule has 9 heteroatoms. The van der Waals surface area contributed by atoms with E-state index in [1.54, 1.807) is 36.5 Å². The molecule has 4 aromatic rings. The SMILES string of the molecule is C=S(N)(=O)c1cccc(Nc2ncc(-c3ccc(OCC)cc3)c(NCc3cccc(F)c3)n2)c1. The number of nitrogens with one attached hydrogen (secondary N) is 2. The number of nitrogens with two attached hydrogens (primary N) is 1. The molecule has 1 atom stereocenters. The van der Waals surface area contributed by atoms with Crippen LogP contribution in [0.15, 0.2) is 83.9 Å². The summed E-state index contributed by atoms with van der Waals surface area (Å²) in [4.78, 5) is 9.53. The minimum Gasteiger partial charge on any atom is -0.494 e. The molecule has 1 aromatic heterocycles. The van der Waals surface area contributed by atoms with Gasteiger partial charge < -0.3 is 15.4 Å². The molecule has 0 amide bonds. The molecule has 0 spiro atoms. The number of halogens is 1. The fourth-order valence-corrected chi connectivity index (χ4v) is 4.07. The highest BCUT2D eigenvalue weighted by atomic mass is 32.2. The summed E-state index contributed by atoms with van der Waals surface area (Å²) >= 11 is 0. The molecule has 0 aliphatic heterocycles. The number of ether oxygens (including phenoxy) is 1. The Hall–Kier alpha value is -3.95. The lowest BCUT2D eigenvalue weighted by Crippen LogP contribution is -2.12. The number of hydrogen-bond donors (Lipinski definition) is 3. The maximum Gasteiger partial charge on any atom is 0.229 e. The Labute approximate surface area is 204 Å². The molecule has 0 saturated heterocycles. The Morgan fingerprint density at radius 2 is 1.86 bits per heavy atom. The Morgan fingerprint density at radius 3 is 2.57 bits per heavy atom. The highest BCUT2D eigenvalue weighted by molar-refractivity contribution is 7.98. The normalized spacial score (nSPS) is 12.5. The molecule has 4 rings (SSSR count). The maximum atomic E-state index is 13.7. The van der Waals surface area contributed by atoms with Crippen molar-refractivity contribution in [3.05, 3.63) is 90.4 Å². The third kappa shape index (κ3) is 6.34. The predicted octanol–water partition coefficient (Wildman–Crippen LogP) is 4.99. The zero-order valence-electron chi connectivity index (χ0n) is 19.2. The second-order valence-corrected chi connectivity index (χ2v) is 9.70. The van der Waals surface area contributed by atoms with Gasteiger partial charge in [-0.1, -0.05) is 30.3 Å². The topological polar surface area (TPSA) is 102 Å². The van der Waals surface area contributed by atoms with E-state index in [4.69, 9.17) is 9.88 Å². The predicted molar refractivity (Wildman–Crippen MR) is 140 cm³/mol. The molecule has 4 N–H and O–H groups in total. The summed E-state index contributed by atoms with van der Waals surface area (Å²) in [5.74, 6) is 4.88. The van der Waals surface area contributed by atoms with Gasteiger partial charge in [-0.2, -0.15) is 4.98 Å². The van der Waals surface area contributed by atoms with E-state index in [0.29, 0.717) is 35.5 Å². The minimum atomic E-state index is -2.85. The zero-order valence-corrected chi connectivity index (χ0v) is 20.0. The van der Waals surface area contributed by atoms with Crippen LogP contribution in [0.5, 0.6) is 5.75 Å². The molecule has 0 bridgehead atoms. The molecule has 0 saturated carbocycles. The number of aromatic nitrogens is 2. The Bertz CT molecular complexity index is 1430. The third-order valence-electron chi connectivity index (χ3n) is 5.10. The molecule has 180 valence electrons. The molecule has 3 aromatic carbocycles. The lowest BCUT2D eigenvalue weighted by molar-refractivity contribution is 0.340. The summed E-state index contributed by atoms with van der Waals surface area (Å²) in [7, 11) is -2.85. The van der Waals surface area contributed by atoms with Gasteiger partial charge >= 0.3 is 0 Å². The van der Waals surface area contributed by atoms with Gasteiger partial charge in [0.15, 0.2) is 0 Å². The molecule has 0 aliphatic carbocycles. The van der Waals surface area contributed by atoms with Crippen LogP contribution in [0.25, 0.3) is 11.1 Å². The number of benzene rings is 3. The first kappa shape index (κ1) is 24.2. The van der Waals surface area contributed by atoms with Crippen molar-refractivity contribution in [2.45, 2.75) is 18.4 Å². The number of hydrogen-bond acceptors (Lipinski definition) is 6. The van der Waals surface area contributed by atoms with E-state index in [0.717, 1.165) is 22.4 Å². The standard InChI is InChI=1S/C26H26FN5O2S/c1-3-34-22-12-10-19(11-13-22)24-17-30-26(31-21-8-5-9-23(15-21)35(2,28)33)32-25(24)29-16-18-6-4-7-20(27)14-18/h4-15,17H,2-3,16H2,1H3,(H2,28,33)(H2,29,30,31,32). The molecule has 0 radical (unpaired) electrons. The zero-order chi connectivity index (χ0) is 24.8. The van der Waals surface area contributed by atoms with Gasteiger partial charge in [0.1, 0.15) is 17.4 Å². The lowest BCUT2D eigenvalue weighted by Gasteiger charge is -2.14.